The van der Waals surface area contributed by atoms with Gasteiger partial charge in [0.1, 0.15) is 5.75 Å². The number of benzene rings is 2. The molecule has 9 heteroatoms. The number of carbonyl (C=O) groups excluding carboxylic acids is 2. The molecule has 154 valence electrons. The Morgan fingerprint density at radius 1 is 1.20 bits per heavy atom. The zero-order valence-corrected chi connectivity index (χ0v) is 17.8. The third-order valence-corrected chi connectivity index (χ3v) is 5.22. The lowest BCUT2D eigenvalue weighted by molar-refractivity contribution is -0.122. The molecule has 1 heterocycles. The molecule has 1 aromatic heterocycles. The Morgan fingerprint density at radius 2 is 1.97 bits per heavy atom. The largest absolute Gasteiger partial charge is 0.484 e. The number of halogens is 1. The van der Waals surface area contributed by atoms with Crippen molar-refractivity contribution in [1.82, 2.24) is 20.3 Å². The number of likely N-dealkylation sites (N-methyl/N-ethyl adjacent to an activating group) is 1. The average molecular weight is 470 g/mol. The van der Waals surface area contributed by atoms with Gasteiger partial charge in [0.05, 0.1) is 11.4 Å². The van der Waals surface area contributed by atoms with E-state index >= 15 is 0 Å². The SMILES string of the molecule is CNC(=O)COc1cccc(NC(=O)c2nnn(-c3ccc(Br)cc3)c2C2CC2)c1. The molecule has 2 aromatic carbocycles. The second kappa shape index (κ2) is 8.66. The summed E-state index contributed by atoms with van der Waals surface area (Å²) >= 11 is 3.43. The molecule has 0 radical (unpaired) electrons. The second-order valence-electron chi connectivity index (χ2n) is 6.93. The lowest BCUT2D eigenvalue weighted by atomic mass is 10.2. The van der Waals surface area contributed by atoms with E-state index in [-0.39, 0.29) is 24.3 Å². The Kier molecular flexibility index (Phi) is 5.80. The van der Waals surface area contributed by atoms with Gasteiger partial charge < -0.3 is 15.4 Å². The van der Waals surface area contributed by atoms with E-state index in [1.807, 2.05) is 24.3 Å². The fourth-order valence-electron chi connectivity index (χ4n) is 3.02. The van der Waals surface area contributed by atoms with Crippen LogP contribution in [0.3, 0.4) is 0 Å². The van der Waals surface area contributed by atoms with E-state index in [1.54, 1.807) is 36.0 Å². The van der Waals surface area contributed by atoms with Crippen LogP contribution in [-0.2, 0) is 4.79 Å². The molecular formula is C21H20BrN5O3. The molecule has 30 heavy (non-hydrogen) atoms. The molecule has 3 aromatic rings. The summed E-state index contributed by atoms with van der Waals surface area (Å²) in [4.78, 5) is 24.3. The number of rotatable bonds is 7. The number of aromatic nitrogens is 3. The molecule has 8 nitrogen and oxygen atoms in total. The topological polar surface area (TPSA) is 98.1 Å². The summed E-state index contributed by atoms with van der Waals surface area (Å²) in [6.07, 6.45) is 2.01. The van der Waals surface area contributed by atoms with Crippen molar-refractivity contribution in [2.75, 3.05) is 19.0 Å². The Bertz CT molecular complexity index is 1080. The minimum atomic E-state index is -0.330. The van der Waals surface area contributed by atoms with Crippen molar-refractivity contribution in [3.8, 4) is 11.4 Å². The van der Waals surface area contributed by atoms with Crippen molar-refractivity contribution in [3.63, 3.8) is 0 Å². The van der Waals surface area contributed by atoms with Gasteiger partial charge in [-0.25, -0.2) is 4.68 Å². The van der Waals surface area contributed by atoms with E-state index in [9.17, 15) is 9.59 Å². The van der Waals surface area contributed by atoms with Gasteiger partial charge in [0, 0.05) is 29.2 Å². The predicted molar refractivity (Wildman–Crippen MR) is 115 cm³/mol. The first-order chi connectivity index (χ1) is 14.5. The van der Waals surface area contributed by atoms with Crippen LogP contribution in [0.4, 0.5) is 5.69 Å². The van der Waals surface area contributed by atoms with E-state index in [4.69, 9.17) is 4.74 Å². The van der Waals surface area contributed by atoms with Gasteiger partial charge in [-0.1, -0.05) is 27.2 Å². The summed E-state index contributed by atoms with van der Waals surface area (Å²) < 4.78 is 8.14. The lowest BCUT2D eigenvalue weighted by Crippen LogP contribution is -2.24. The van der Waals surface area contributed by atoms with Crippen molar-refractivity contribution >= 4 is 33.4 Å². The monoisotopic (exact) mass is 469 g/mol. The van der Waals surface area contributed by atoms with Crippen LogP contribution >= 0.6 is 15.9 Å². The number of anilines is 1. The van der Waals surface area contributed by atoms with Crippen LogP contribution in [0.25, 0.3) is 5.69 Å². The number of hydrogen-bond donors (Lipinski definition) is 2. The number of ether oxygens (including phenoxy) is 1. The molecule has 4 rings (SSSR count). The molecule has 1 fully saturated rings. The molecule has 0 bridgehead atoms. The highest BCUT2D eigenvalue weighted by Gasteiger charge is 2.34. The minimum absolute atomic E-state index is 0.0960. The summed E-state index contributed by atoms with van der Waals surface area (Å²) in [6.45, 7) is -0.0960. The first kappa shape index (κ1) is 20.1. The van der Waals surface area contributed by atoms with Crippen molar-refractivity contribution in [2.24, 2.45) is 0 Å². The van der Waals surface area contributed by atoms with Crippen LogP contribution in [0.1, 0.15) is 34.9 Å². The van der Waals surface area contributed by atoms with Gasteiger partial charge in [-0.05, 0) is 49.2 Å². The number of carbonyl (C=O) groups is 2. The molecule has 0 spiro atoms. The van der Waals surface area contributed by atoms with Gasteiger partial charge in [-0.15, -0.1) is 5.10 Å². The molecule has 1 aliphatic rings. The summed E-state index contributed by atoms with van der Waals surface area (Å²) in [5, 5.41) is 13.8. The van der Waals surface area contributed by atoms with Gasteiger partial charge in [-0.2, -0.15) is 0 Å². The van der Waals surface area contributed by atoms with Crippen LogP contribution in [-0.4, -0.2) is 40.5 Å². The highest BCUT2D eigenvalue weighted by atomic mass is 79.9. The van der Waals surface area contributed by atoms with E-state index in [2.05, 4.69) is 36.9 Å². The van der Waals surface area contributed by atoms with Crippen LogP contribution in [0.5, 0.6) is 5.75 Å². The molecule has 0 atom stereocenters. The van der Waals surface area contributed by atoms with E-state index < -0.39 is 0 Å². The molecule has 1 saturated carbocycles. The van der Waals surface area contributed by atoms with Gasteiger partial charge >= 0.3 is 0 Å². The van der Waals surface area contributed by atoms with Crippen LogP contribution < -0.4 is 15.4 Å². The maximum atomic E-state index is 13.0. The van der Waals surface area contributed by atoms with E-state index in [0.29, 0.717) is 17.1 Å². The molecule has 2 amide bonds. The van der Waals surface area contributed by atoms with Crippen LogP contribution in [0.2, 0.25) is 0 Å². The number of amides is 2. The molecule has 0 aliphatic heterocycles. The van der Waals surface area contributed by atoms with E-state index in [1.165, 1.54) is 0 Å². The second-order valence-corrected chi connectivity index (χ2v) is 7.85. The highest BCUT2D eigenvalue weighted by molar-refractivity contribution is 9.10. The van der Waals surface area contributed by atoms with Crippen LogP contribution in [0, 0.1) is 0 Å². The summed E-state index contributed by atoms with van der Waals surface area (Å²) in [5.74, 6) is 0.190. The quantitative estimate of drug-likeness (QED) is 0.553. The molecule has 1 aliphatic carbocycles. The Balaban J connectivity index is 1.54. The normalized spacial score (nSPS) is 13.0. The summed E-state index contributed by atoms with van der Waals surface area (Å²) in [7, 11) is 1.54. The Labute approximate surface area is 181 Å². The number of nitrogens with zero attached hydrogens (tertiary/aromatic N) is 3. The standard InChI is InChI=1S/C21H20BrN5O3/c1-23-18(28)12-30-17-4-2-3-15(11-17)24-21(29)19-20(13-5-6-13)27(26-25-19)16-9-7-14(22)8-10-16/h2-4,7-11,13H,5-6,12H2,1H3,(H,23,28)(H,24,29). The first-order valence-electron chi connectivity index (χ1n) is 9.51. The van der Waals surface area contributed by atoms with Gasteiger partial charge in [0.25, 0.3) is 11.8 Å². The maximum Gasteiger partial charge on any atom is 0.278 e. The first-order valence-corrected chi connectivity index (χ1v) is 10.3. The highest BCUT2D eigenvalue weighted by Crippen LogP contribution is 2.42. The molecule has 2 N–H and O–H groups in total. The fraction of sp³-hybridized carbons (Fsp3) is 0.238. The zero-order chi connectivity index (χ0) is 21.1. The molecular weight excluding hydrogens is 450 g/mol. The van der Waals surface area contributed by atoms with Gasteiger partial charge in [0.2, 0.25) is 0 Å². The maximum absolute atomic E-state index is 13.0. The third-order valence-electron chi connectivity index (χ3n) is 4.70. The lowest BCUT2D eigenvalue weighted by Gasteiger charge is -2.09. The smallest absolute Gasteiger partial charge is 0.278 e. The zero-order valence-electron chi connectivity index (χ0n) is 16.3. The molecule has 0 unspecified atom stereocenters. The third kappa shape index (κ3) is 4.51. The van der Waals surface area contributed by atoms with Crippen molar-refractivity contribution in [3.05, 3.63) is 64.4 Å². The van der Waals surface area contributed by atoms with Crippen molar-refractivity contribution in [2.45, 2.75) is 18.8 Å². The van der Waals surface area contributed by atoms with Crippen LogP contribution in [0.15, 0.2) is 53.0 Å². The van der Waals surface area contributed by atoms with Gasteiger partial charge in [0.15, 0.2) is 12.3 Å². The fourth-order valence-corrected chi connectivity index (χ4v) is 3.29. The predicted octanol–water partition coefficient (Wildman–Crippen LogP) is 3.28. The summed E-state index contributed by atoms with van der Waals surface area (Å²) in [6, 6.07) is 14.6. The van der Waals surface area contributed by atoms with Crippen molar-refractivity contribution in [1.29, 1.82) is 0 Å². The van der Waals surface area contributed by atoms with Crippen molar-refractivity contribution < 1.29 is 14.3 Å². The molecule has 0 saturated heterocycles. The van der Waals surface area contributed by atoms with Gasteiger partial charge in [-0.3, -0.25) is 9.59 Å². The number of nitrogens with one attached hydrogen (secondary N) is 2. The average Bonchev–Trinajstić information content (AvgIpc) is 3.50. The number of hydrogen-bond acceptors (Lipinski definition) is 5. The van der Waals surface area contributed by atoms with E-state index in [0.717, 1.165) is 28.7 Å². The Morgan fingerprint density at radius 3 is 2.67 bits per heavy atom. The summed E-state index contributed by atoms with van der Waals surface area (Å²) in [5.41, 5.74) is 2.55. The minimum Gasteiger partial charge on any atom is -0.484 e. The Hall–Kier alpha value is -3.20.